The molecule has 0 amide bonds. The second kappa shape index (κ2) is 18.0. The molecule has 4 rings (SSSR count). The van der Waals surface area contributed by atoms with E-state index in [1.165, 1.54) is 31.0 Å². The smallest absolute Gasteiger partial charge is 0.373 e. The molecule has 0 bridgehead atoms. The van der Waals surface area contributed by atoms with Crippen LogP contribution in [-0.4, -0.2) is 0 Å². The normalized spacial score (nSPS) is 9.54. The minimum Gasteiger partial charge on any atom is -0.373 e. The van der Waals surface area contributed by atoms with E-state index in [4.69, 9.17) is 22.1 Å². The van der Waals surface area contributed by atoms with Crippen molar-refractivity contribution in [3.05, 3.63) is 165 Å². The zero-order valence-corrected chi connectivity index (χ0v) is 21.7. The molecule has 0 aliphatic heterocycles. The topological polar surface area (TPSA) is 117 Å². The van der Waals surface area contributed by atoms with Crippen molar-refractivity contribution in [2.24, 2.45) is 0 Å². The van der Waals surface area contributed by atoms with Crippen LogP contribution >= 0.6 is 15.8 Å². The van der Waals surface area contributed by atoms with Crippen molar-refractivity contribution < 1.29 is 16.5 Å². The second-order valence-electron chi connectivity index (χ2n) is 6.80. The molecule has 4 aromatic rings. The first-order valence-electron chi connectivity index (χ1n) is 10.4. The zero-order chi connectivity index (χ0) is 24.4. The zero-order valence-electron chi connectivity index (χ0n) is 18.7. The summed E-state index contributed by atoms with van der Waals surface area (Å²) >= 11 is 0. The molecule has 0 N–H and O–H groups in total. The molecule has 0 spiro atoms. The summed E-state index contributed by atoms with van der Waals surface area (Å²) in [7, 11) is -1.93. The van der Waals surface area contributed by atoms with E-state index < -0.39 is 15.8 Å². The van der Waals surface area contributed by atoms with Crippen LogP contribution in [0.15, 0.2) is 133 Å². The fourth-order valence-electron chi connectivity index (χ4n) is 3.36. The average Bonchev–Trinajstić information content (AvgIpc) is 2.90. The quantitative estimate of drug-likeness (QED) is 0.0829. The van der Waals surface area contributed by atoms with Gasteiger partial charge in [0.1, 0.15) is 32.9 Å². The van der Waals surface area contributed by atoms with Crippen LogP contribution in [0.1, 0.15) is 0 Å². The first-order valence-corrected chi connectivity index (χ1v) is 13.5. The van der Waals surface area contributed by atoms with Gasteiger partial charge in [-0.15, -0.1) is 0 Å². The molecule has 0 saturated heterocycles. The molecule has 6 nitrogen and oxygen atoms in total. The van der Waals surface area contributed by atoms with Gasteiger partial charge in [-0.3, -0.25) is 9.82 Å². The number of nitrogens with zero attached hydrogens (tertiary/aromatic N) is 6. The molecule has 0 heterocycles. The summed E-state index contributed by atoms with van der Waals surface area (Å²) in [5.74, 6) is 5.01. The van der Waals surface area contributed by atoms with E-state index in [-0.39, 0.29) is 16.5 Å². The van der Waals surface area contributed by atoms with Gasteiger partial charge in [0.25, 0.3) is 0 Å². The first-order chi connectivity index (χ1) is 16.7. The molecule has 176 valence electrons. The Morgan fingerprint density at radius 1 is 0.400 bits per heavy atom. The van der Waals surface area contributed by atoms with Crippen molar-refractivity contribution in [3.63, 3.8) is 0 Å². The molecule has 0 radical (unpaired) electrons. The van der Waals surface area contributed by atoms with Gasteiger partial charge in [-0.05, 0) is 48.5 Å². The van der Waals surface area contributed by atoms with Crippen molar-refractivity contribution in [2.75, 3.05) is 0 Å². The third kappa shape index (κ3) is 10.2. The van der Waals surface area contributed by atoms with Crippen LogP contribution < -0.4 is 21.2 Å². The van der Waals surface area contributed by atoms with E-state index >= 15 is 0 Å². The summed E-state index contributed by atoms with van der Waals surface area (Å²) in [4.78, 5) is 3.00. The Hall–Kier alpha value is -3.41. The standard InChI is InChI=1S/C26H22P2.2N3.Ni/c1-5-13-23(14-6-1)27(24-15-7-2-8-16-24)21-22-28(25-17-9-3-10-18-25)26-19-11-4-12-20-26;2*1-3-2;/h1-22H;;;/q;2*-1;+2/p+2. The molecular formula is C26H24N6NiP2+2. The Bertz CT molecular complexity index is 1020. The van der Waals surface area contributed by atoms with E-state index in [2.05, 4.69) is 133 Å². The Morgan fingerprint density at radius 3 is 0.743 bits per heavy atom. The van der Waals surface area contributed by atoms with Gasteiger partial charge in [0.05, 0.1) is 15.8 Å². The summed E-state index contributed by atoms with van der Waals surface area (Å²) in [5, 5.41) is 5.71. The minimum atomic E-state index is -0.964. The maximum atomic E-state index is 6.75. The van der Waals surface area contributed by atoms with Crippen molar-refractivity contribution in [1.82, 2.24) is 0 Å². The van der Waals surface area contributed by atoms with E-state index in [9.17, 15) is 0 Å². The maximum absolute atomic E-state index is 6.75. The van der Waals surface area contributed by atoms with Crippen molar-refractivity contribution in [2.45, 2.75) is 0 Å². The van der Waals surface area contributed by atoms with Crippen LogP contribution in [0.4, 0.5) is 0 Å². The monoisotopic (exact) mass is 540 g/mol. The first kappa shape index (κ1) is 29.6. The third-order valence-electron chi connectivity index (χ3n) is 4.76. The summed E-state index contributed by atoms with van der Waals surface area (Å²) in [5.41, 5.74) is 27.0. The van der Waals surface area contributed by atoms with Crippen LogP contribution in [0.3, 0.4) is 0 Å². The fraction of sp³-hybridized carbons (Fsp3) is 0. The summed E-state index contributed by atoms with van der Waals surface area (Å²) < 4.78 is 0. The van der Waals surface area contributed by atoms with Crippen LogP contribution in [0.5, 0.6) is 0 Å². The van der Waals surface area contributed by atoms with Gasteiger partial charge >= 0.3 is 16.5 Å². The summed E-state index contributed by atoms with van der Waals surface area (Å²) in [6.07, 6.45) is 0. The number of rotatable bonds is 6. The maximum Gasteiger partial charge on any atom is 2.00 e. The molecule has 0 saturated carbocycles. The number of benzene rings is 4. The van der Waals surface area contributed by atoms with Gasteiger partial charge in [-0.2, -0.15) is 0 Å². The van der Waals surface area contributed by atoms with Crippen molar-refractivity contribution in [3.8, 4) is 0 Å². The minimum absolute atomic E-state index is 0. The van der Waals surface area contributed by atoms with Crippen LogP contribution in [0, 0.1) is 0 Å². The SMILES string of the molecule is C(=C[PH+](c1ccccc1)c1ccccc1)[PH+](c1ccccc1)c1ccccc1.[N-]=[N+]=[N-].[N-]=[N+]=[N-].[Ni+2]. The van der Waals surface area contributed by atoms with Gasteiger partial charge in [-0.25, -0.2) is 0 Å². The molecular weight excluding hydrogens is 517 g/mol. The average molecular weight is 541 g/mol. The number of hydrogen-bond donors (Lipinski definition) is 0. The van der Waals surface area contributed by atoms with Crippen LogP contribution in [-0.2, 0) is 16.5 Å². The molecule has 9 heteroatoms. The van der Waals surface area contributed by atoms with Crippen LogP contribution in [0.2, 0.25) is 0 Å². The summed E-state index contributed by atoms with van der Waals surface area (Å²) in [6, 6.07) is 43.7. The van der Waals surface area contributed by atoms with Crippen LogP contribution in [0.25, 0.3) is 31.9 Å². The van der Waals surface area contributed by atoms with Gasteiger partial charge in [0.15, 0.2) is 0 Å². The molecule has 35 heavy (non-hydrogen) atoms. The van der Waals surface area contributed by atoms with Gasteiger partial charge < -0.3 is 22.1 Å². The number of hydrogen-bond acceptors (Lipinski definition) is 0. The molecule has 0 aromatic heterocycles. The molecule has 0 aliphatic carbocycles. The molecule has 0 aliphatic rings. The fourth-order valence-corrected chi connectivity index (χ4v) is 8.33. The largest absolute Gasteiger partial charge is 2.00 e. The molecule has 0 atom stereocenters. The predicted molar refractivity (Wildman–Crippen MR) is 150 cm³/mol. The van der Waals surface area contributed by atoms with Crippen molar-refractivity contribution >= 4 is 37.1 Å². The second-order valence-corrected chi connectivity index (χ2v) is 11.4. The van der Waals surface area contributed by atoms with Crippen molar-refractivity contribution in [1.29, 1.82) is 0 Å². The Balaban J connectivity index is 0.000000797. The summed E-state index contributed by atoms with van der Waals surface area (Å²) in [6.45, 7) is 0. The molecule has 4 aromatic carbocycles. The van der Waals surface area contributed by atoms with Gasteiger partial charge in [0, 0.05) is 0 Å². The molecule has 0 fully saturated rings. The van der Waals surface area contributed by atoms with Gasteiger partial charge in [0.2, 0.25) is 0 Å². The predicted octanol–water partition coefficient (Wildman–Crippen LogP) is 6.92. The Morgan fingerprint density at radius 2 is 0.571 bits per heavy atom. The Labute approximate surface area is 218 Å². The van der Waals surface area contributed by atoms with E-state index in [1.54, 1.807) is 0 Å². The van der Waals surface area contributed by atoms with E-state index in [0.717, 1.165) is 0 Å². The van der Waals surface area contributed by atoms with Gasteiger partial charge in [-0.1, -0.05) is 72.8 Å². The van der Waals surface area contributed by atoms with E-state index in [0.29, 0.717) is 0 Å². The van der Waals surface area contributed by atoms with E-state index in [1.807, 2.05) is 0 Å². The Kier molecular flexibility index (Phi) is 15.2. The third-order valence-corrected chi connectivity index (χ3v) is 9.91. The molecule has 0 unspecified atom stereocenters.